The fraction of sp³-hybridized carbons (Fsp3) is 0.462. The second-order valence-corrected chi connectivity index (χ2v) is 11.6. The van der Waals surface area contributed by atoms with Crippen molar-refractivity contribution in [3.8, 4) is 0 Å². The molecule has 2 rings (SSSR count). The summed E-state index contributed by atoms with van der Waals surface area (Å²) < 4.78 is 40.0. The second kappa shape index (κ2) is 14.0. The smallest absolute Gasteiger partial charge is 0.243 e. The van der Waals surface area contributed by atoms with Crippen LogP contribution in [0.4, 0.5) is 10.1 Å². The van der Waals surface area contributed by atoms with Crippen LogP contribution < -0.4 is 9.62 Å². The number of rotatable bonds is 13. The molecular formula is C26H34Cl2FN3O4S. The Morgan fingerprint density at radius 2 is 1.73 bits per heavy atom. The molecule has 2 aromatic rings. The molecule has 0 spiro atoms. The van der Waals surface area contributed by atoms with Crippen LogP contribution in [0.1, 0.15) is 52.0 Å². The van der Waals surface area contributed by atoms with E-state index in [1.165, 1.54) is 23.1 Å². The zero-order valence-corrected chi connectivity index (χ0v) is 23.8. The first-order valence-electron chi connectivity index (χ1n) is 12.1. The van der Waals surface area contributed by atoms with Crippen LogP contribution in [0.2, 0.25) is 10.0 Å². The average Bonchev–Trinajstić information content (AvgIpc) is 2.83. The van der Waals surface area contributed by atoms with E-state index in [1.54, 1.807) is 24.3 Å². The van der Waals surface area contributed by atoms with Gasteiger partial charge in [0, 0.05) is 25.6 Å². The number of hydrogen-bond donors (Lipinski definition) is 1. The number of hydrogen-bond acceptors (Lipinski definition) is 4. The van der Waals surface area contributed by atoms with Gasteiger partial charge in [0.25, 0.3) is 0 Å². The van der Waals surface area contributed by atoms with Crippen molar-refractivity contribution in [1.82, 2.24) is 10.2 Å². The van der Waals surface area contributed by atoms with Gasteiger partial charge < -0.3 is 10.2 Å². The Bertz CT molecular complexity index is 1200. The van der Waals surface area contributed by atoms with Gasteiger partial charge in [-0.1, -0.05) is 55.2 Å². The fourth-order valence-electron chi connectivity index (χ4n) is 3.83. The lowest BCUT2D eigenvalue weighted by molar-refractivity contribution is -0.141. The quantitative estimate of drug-likeness (QED) is 0.347. The zero-order valence-electron chi connectivity index (χ0n) is 21.5. The summed E-state index contributed by atoms with van der Waals surface area (Å²) >= 11 is 12.2. The maximum absolute atomic E-state index is 14.3. The molecule has 0 radical (unpaired) electrons. The van der Waals surface area contributed by atoms with Gasteiger partial charge in [0.1, 0.15) is 11.9 Å². The first-order chi connectivity index (χ1) is 17.4. The van der Waals surface area contributed by atoms with Gasteiger partial charge >= 0.3 is 0 Å². The molecule has 2 atom stereocenters. The minimum Gasteiger partial charge on any atom is -0.352 e. The van der Waals surface area contributed by atoms with Crippen LogP contribution in [-0.2, 0) is 26.2 Å². The van der Waals surface area contributed by atoms with Crippen LogP contribution in [0, 0.1) is 5.82 Å². The number of sulfonamides is 1. The monoisotopic (exact) mass is 573 g/mol. The molecule has 0 aliphatic heterocycles. The molecule has 1 N–H and O–H groups in total. The van der Waals surface area contributed by atoms with E-state index >= 15 is 0 Å². The van der Waals surface area contributed by atoms with Crippen LogP contribution in [0.25, 0.3) is 0 Å². The second-order valence-electron chi connectivity index (χ2n) is 8.90. The van der Waals surface area contributed by atoms with E-state index in [1.807, 2.05) is 20.8 Å². The first-order valence-corrected chi connectivity index (χ1v) is 14.7. The third-order valence-electron chi connectivity index (χ3n) is 6.00. The van der Waals surface area contributed by atoms with E-state index in [4.69, 9.17) is 23.2 Å². The number of halogens is 3. The zero-order chi connectivity index (χ0) is 27.8. The van der Waals surface area contributed by atoms with E-state index in [9.17, 15) is 22.4 Å². The molecule has 7 nitrogen and oxygen atoms in total. The third-order valence-corrected chi connectivity index (χ3v) is 7.92. The van der Waals surface area contributed by atoms with Crippen LogP contribution in [-0.4, -0.2) is 50.0 Å². The van der Waals surface area contributed by atoms with Crippen LogP contribution in [0.5, 0.6) is 0 Å². The summed E-state index contributed by atoms with van der Waals surface area (Å²) in [6, 6.07) is 9.77. The van der Waals surface area contributed by atoms with Crippen molar-refractivity contribution in [3.05, 3.63) is 63.9 Å². The Hall–Kier alpha value is -2.36. The standard InChI is InChI=1S/C26H34Cl2FN3O4S/c1-5-18(3)30-26(34)23(6-2)31(17-19-13-14-20(27)21(28)16-19)25(33)12-9-15-32(37(4,35)36)24-11-8-7-10-22(24)29/h7-8,10-11,13-14,16,18,23H,5-6,9,12,15,17H2,1-4H3,(H,30,34)/t18-,23-/m1/s1. The summed E-state index contributed by atoms with van der Waals surface area (Å²) in [6.45, 7) is 5.68. The Balaban J connectivity index is 2.26. The van der Waals surface area contributed by atoms with E-state index in [-0.39, 0.29) is 49.5 Å². The largest absolute Gasteiger partial charge is 0.352 e. The minimum absolute atomic E-state index is 0.0467. The van der Waals surface area contributed by atoms with Gasteiger partial charge in [-0.15, -0.1) is 0 Å². The summed E-state index contributed by atoms with van der Waals surface area (Å²) in [6.07, 6.45) is 2.18. The maximum Gasteiger partial charge on any atom is 0.243 e. The lowest BCUT2D eigenvalue weighted by Crippen LogP contribution is -2.50. The van der Waals surface area contributed by atoms with Crippen LogP contribution in [0.15, 0.2) is 42.5 Å². The normalized spacial score (nSPS) is 13.1. The predicted molar refractivity (Wildman–Crippen MR) is 147 cm³/mol. The van der Waals surface area contributed by atoms with Crippen molar-refractivity contribution in [3.63, 3.8) is 0 Å². The van der Waals surface area contributed by atoms with Crippen molar-refractivity contribution >= 4 is 50.7 Å². The van der Waals surface area contributed by atoms with Crippen molar-refractivity contribution in [2.45, 2.75) is 65.1 Å². The Kier molecular flexibility index (Phi) is 11.7. The molecule has 37 heavy (non-hydrogen) atoms. The van der Waals surface area contributed by atoms with Gasteiger partial charge in [-0.3, -0.25) is 13.9 Å². The molecule has 0 unspecified atom stereocenters. The van der Waals surface area contributed by atoms with Gasteiger partial charge in [-0.25, -0.2) is 12.8 Å². The average molecular weight is 575 g/mol. The number of benzene rings is 2. The molecule has 0 aliphatic rings. The highest BCUT2D eigenvalue weighted by Crippen LogP contribution is 2.25. The summed E-state index contributed by atoms with van der Waals surface area (Å²) in [5.41, 5.74) is 0.617. The molecule has 0 saturated heterocycles. The van der Waals surface area contributed by atoms with Gasteiger partial charge in [0.05, 0.1) is 22.0 Å². The van der Waals surface area contributed by atoms with Gasteiger partial charge in [0.15, 0.2) is 0 Å². The number of nitrogens with zero attached hydrogens (tertiary/aromatic N) is 2. The van der Waals surface area contributed by atoms with Gasteiger partial charge in [0.2, 0.25) is 21.8 Å². The molecule has 0 aromatic heterocycles. The number of carbonyl (C=O) groups excluding carboxylic acids is 2. The molecule has 2 aromatic carbocycles. The molecular weight excluding hydrogens is 540 g/mol. The molecule has 204 valence electrons. The highest BCUT2D eigenvalue weighted by atomic mass is 35.5. The topological polar surface area (TPSA) is 86.8 Å². The third kappa shape index (κ3) is 8.86. The molecule has 2 amide bonds. The number of amides is 2. The van der Waals surface area contributed by atoms with Crippen molar-refractivity contribution in [2.75, 3.05) is 17.1 Å². The molecule has 11 heteroatoms. The van der Waals surface area contributed by atoms with Crippen LogP contribution in [0.3, 0.4) is 0 Å². The van der Waals surface area contributed by atoms with E-state index in [0.717, 1.165) is 17.0 Å². The molecule has 0 saturated carbocycles. The van der Waals surface area contributed by atoms with Gasteiger partial charge in [-0.2, -0.15) is 0 Å². The number of anilines is 1. The molecule has 0 bridgehead atoms. The summed E-state index contributed by atoms with van der Waals surface area (Å²) in [7, 11) is -3.79. The minimum atomic E-state index is -3.79. The van der Waals surface area contributed by atoms with Gasteiger partial charge in [-0.05, 0) is 56.0 Å². The van der Waals surface area contributed by atoms with Crippen molar-refractivity contribution in [1.29, 1.82) is 0 Å². The molecule has 0 fully saturated rings. The van der Waals surface area contributed by atoms with Crippen LogP contribution >= 0.6 is 23.2 Å². The number of para-hydroxylation sites is 1. The Morgan fingerprint density at radius 3 is 2.30 bits per heavy atom. The van der Waals surface area contributed by atoms with Crippen molar-refractivity contribution < 1.29 is 22.4 Å². The Morgan fingerprint density at radius 1 is 1.05 bits per heavy atom. The number of nitrogens with one attached hydrogen (secondary N) is 1. The Labute approximate surface area is 229 Å². The number of carbonyl (C=O) groups is 2. The lowest BCUT2D eigenvalue weighted by Gasteiger charge is -2.32. The first kappa shape index (κ1) is 30.9. The fourth-order valence-corrected chi connectivity index (χ4v) is 5.12. The summed E-state index contributed by atoms with van der Waals surface area (Å²) in [5.74, 6) is -1.28. The highest BCUT2D eigenvalue weighted by molar-refractivity contribution is 7.92. The van der Waals surface area contributed by atoms with E-state index in [0.29, 0.717) is 22.0 Å². The summed E-state index contributed by atoms with van der Waals surface area (Å²) in [4.78, 5) is 28.0. The lowest BCUT2D eigenvalue weighted by atomic mass is 10.1. The van der Waals surface area contributed by atoms with Crippen molar-refractivity contribution in [2.24, 2.45) is 0 Å². The predicted octanol–water partition coefficient (Wildman–Crippen LogP) is 5.40. The summed E-state index contributed by atoms with van der Waals surface area (Å²) in [5, 5.41) is 3.64. The maximum atomic E-state index is 14.3. The SMILES string of the molecule is CC[C@@H](C)NC(=O)[C@@H](CC)N(Cc1ccc(Cl)c(Cl)c1)C(=O)CCCN(c1ccccc1F)S(C)(=O)=O. The highest BCUT2D eigenvalue weighted by Gasteiger charge is 2.29. The van der Waals surface area contributed by atoms with E-state index < -0.39 is 21.9 Å². The van der Waals surface area contributed by atoms with E-state index in [2.05, 4.69) is 5.32 Å². The molecule has 0 aliphatic carbocycles. The molecule has 0 heterocycles.